The number of carbonyl (C=O) groups excluding carboxylic acids is 3. The molecule has 3 aliphatic heterocycles. The minimum absolute atomic E-state index is 0.00801. The Balaban J connectivity index is 1.14. The number of aryl methyl sites for hydroxylation is 1. The smallest absolute Gasteiger partial charge is 0.228 e. The predicted octanol–water partition coefficient (Wildman–Crippen LogP) is 3.00. The van der Waals surface area contributed by atoms with E-state index in [1.165, 1.54) is 0 Å². The molecule has 2 fully saturated rings. The number of piperidine rings is 1. The first-order valence-corrected chi connectivity index (χ1v) is 11.8. The van der Waals surface area contributed by atoms with Crippen molar-refractivity contribution in [2.24, 2.45) is 11.8 Å². The Morgan fingerprint density at radius 2 is 1.65 bits per heavy atom. The van der Waals surface area contributed by atoms with Crippen molar-refractivity contribution >= 4 is 29.1 Å². The molecule has 5 rings (SSSR count). The van der Waals surface area contributed by atoms with E-state index in [2.05, 4.69) is 5.32 Å². The first kappa shape index (κ1) is 22.3. The van der Waals surface area contributed by atoms with Crippen molar-refractivity contribution in [1.82, 2.24) is 4.90 Å². The van der Waals surface area contributed by atoms with Crippen LogP contribution in [0.4, 0.5) is 11.4 Å². The van der Waals surface area contributed by atoms with Gasteiger partial charge >= 0.3 is 0 Å². The Morgan fingerprint density at radius 3 is 2.38 bits per heavy atom. The van der Waals surface area contributed by atoms with Gasteiger partial charge in [-0.25, -0.2) is 0 Å². The standard InChI is InChI=1S/C26H29N3O5/c1-17-2-5-21(6-3-17)29-16-19(14-24(29)30)26(32)28-10-8-18(9-11-28)25(31)27-20-4-7-22-23(15-20)34-13-12-33-22/h2-7,15,18-19H,8-14,16H2,1H3,(H,27,31). The van der Waals surface area contributed by atoms with Crippen LogP contribution in [0.25, 0.3) is 0 Å². The van der Waals surface area contributed by atoms with Gasteiger partial charge in [-0.1, -0.05) is 17.7 Å². The molecule has 2 aromatic rings. The fourth-order valence-corrected chi connectivity index (χ4v) is 4.83. The molecule has 178 valence electrons. The number of fused-ring (bicyclic) bond motifs is 1. The zero-order chi connectivity index (χ0) is 23.7. The number of rotatable bonds is 4. The third-order valence-electron chi connectivity index (χ3n) is 6.81. The van der Waals surface area contributed by atoms with Gasteiger partial charge in [0.15, 0.2) is 11.5 Å². The third kappa shape index (κ3) is 4.58. The number of hydrogen-bond donors (Lipinski definition) is 1. The van der Waals surface area contributed by atoms with Crippen LogP contribution in [0.5, 0.6) is 11.5 Å². The molecule has 3 aliphatic rings. The quantitative estimate of drug-likeness (QED) is 0.753. The van der Waals surface area contributed by atoms with E-state index >= 15 is 0 Å². The Hall–Kier alpha value is -3.55. The van der Waals surface area contributed by atoms with Crippen molar-refractivity contribution < 1.29 is 23.9 Å². The van der Waals surface area contributed by atoms with E-state index in [0.29, 0.717) is 62.9 Å². The number of hydrogen-bond acceptors (Lipinski definition) is 5. The van der Waals surface area contributed by atoms with E-state index < -0.39 is 0 Å². The SMILES string of the molecule is Cc1ccc(N2CC(C(=O)N3CCC(C(=O)Nc4ccc5c(c4)OCCO5)CC3)CC2=O)cc1. The lowest BCUT2D eigenvalue weighted by Crippen LogP contribution is -2.44. The largest absolute Gasteiger partial charge is 0.486 e. The molecule has 34 heavy (non-hydrogen) atoms. The number of ether oxygens (including phenoxy) is 2. The van der Waals surface area contributed by atoms with Crippen LogP contribution in [0.3, 0.4) is 0 Å². The van der Waals surface area contributed by atoms with E-state index in [1.54, 1.807) is 23.1 Å². The first-order chi connectivity index (χ1) is 16.5. The molecule has 0 aliphatic carbocycles. The Morgan fingerprint density at radius 1 is 0.941 bits per heavy atom. The van der Waals surface area contributed by atoms with E-state index in [1.807, 2.05) is 36.1 Å². The van der Waals surface area contributed by atoms with E-state index in [4.69, 9.17) is 9.47 Å². The molecule has 3 heterocycles. The van der Waals surface area contributed by atoms with Gasteiger partial charge in [0.1, 0.15) is 13.2 Å². The van der Waals surface area contributed by atoms with Gasteiger partial charge in [0.2, 0.25) is 17.7 Å². The highest BCUT2D eigenvalue weighted by atomic mass is 16.6. The van der Waals surface area contributed by atoms with Gasteiger partial charge in [-0.05, 0) is 44.0 Å². The van der Waals surface area contributed by atoms with Crippen molar-refractivity contribution in [3.63, 3.8) is 0 Å². The number of benzene rings is 2. The highest BCUT2D eigenvalue weighted by Gasteiger charge is 2.38. The molecule has 1 atom stereocenters. The average Bonchev–Trinajstić information content (AvgIpc) is 3.25. The molecule has 1 N–H and O–H groups in total. The molecule has 2 saturated heterocycles. The minimum Gasteiger partial charge on any atom is -0.486 e. The second-order valence-corrected chi connectivity index (χ2v) is 9.19. The van der Waals surface area contributed by atoms with Gasteiger partial charge in [-0.2, -0.15) is 0 Å². The van der Waals surface area contributed by atoms with Gasteiger partial charge in [-0.3, -0.25) is 14.4 Å². The van der Waals surface area contributed by atoms with E-state index in [9.17, 15) is 14.4 Å². The van der Waals surface area contributed by atoms with Crippen LogP contribution >= 0.6 is 0 Å². The summed E-state index contributed by atoms with van der Waals surface area (Å²) in [6.07, 6.45) is 1.44. The molecule has 0 spiro atoms. The van der Waals surface area contributed by atoms with Crippen molar-refractivity contribution in [3.05, 3.63) is 48.0 Å². The maximum absolute atomic E-state index is 13.1. The van der Waals surface area contributed by atoms with Crippen LogP contribution in [0.2, 0.25) is 0 Å². The summed E-state index contributed by atoms with van der Waals surface area (Å²) in [4.78, 5) is 42.0. The first-order valence-electron chi connectivity index (χ1n) is 11.8. The Bertz CT molecular complexity index is 1090. The molecule has 0 aromatic heterocycles. The number of nitrogens with zero attached hydrogens (tertiary/aromatic N) is 2. The average molecular weight is 464 g/mol. The van der Waals surface area contributed by atoms with Gasteiger partial charge in [0.25, 0.3) is 0 Å². The lowest BCUT2D eigenvalue weighted by Gasteiger charge is -2.33. The minimum atomic E-state index is -0.336. The van der Waals surface area contributed by atoms with Crippen LogP contribution in [0.1, 0.15) is 24.8 Å². The number of likely N-dealkylation sites (tertiary alicyclic amines) is 1. The van der Waals surface area contributed by atoms with Crippen LogP contribution in [-0.4, -0.2) is 55.5 Å². The summed E-state index contributed by atoms with van der Waals surface area (Å²) >= 11 is 0. The topological polar surface area (TPSA) is 88.2 Å². The van der Waals surface area contributed by atoms with Crippen LogP contribution in [0, 0.1) is 18.8 Å². The molecular weight excluding hydrogens is 434 g/mol. The zero-order valence-electron chi connectivity index (χ0n) is 19.3. The predicted molar refractivity (Wildman–Crippen MR) is 127 cm³/mol. The van der Waals surface area contributed by atoms with Crippen molar-refractivity contribution in [1.29, 1.82) is 0 Å². The fraction of sp³-hybridized carbons (Fsp3) is 0.423. The maximum Gasteiger partial charge on any atom is 0.228 e. The monoisotopic (exact) mass is 463 g/mol. The highest BCUT2D eigenvalue weighted by Crippen LogP contribution is 2.33. The molecule has 0 saturated carbocycles. The summed E-state index contributed by atoms with van der Waals surface area (Å²) < 4.78 is 11.1. The summed E-state index contributed by atoms with van der Waals surface area (Å²) in [5.41, 5.74) is 2.64. The molecule has 0 bridgehead atoms. The summed E-state index contributed by atoms with van der Waals surface area (Å²) in [6, 6.07) is 13.2. The van der Waals surface area contributed by atoms with Gasteiger partial charge < -0.3 is 24.6 Å². The molecule has 3 amide bonds. The summed E-state index contributed by atoms with van der Waals surface area (Å²) in [7, 11) is 0. The molecular formula is C26H29N3O5. The lowest BCUT2D eigenvalue weighted by molar-refractivity contribution is -0.138. The third-order valence-corrected chi connectivity index (χ3v) is 6.81. The van der Waals surface area contributed by atoms with E-state index in [0.717, 1.165) is 11.3 Å². The molecule has 8 heteroatoms. The second kappa shape index (κ2) is 9.37. The maximum atomic E-state index is 13.1. The summed E-state index contributed by atoms with van der Waals surface area (Å²) in [6.45, 7) is 4.47. The van der Waals surface area contributed by atoms with Gasteiger partial charge in [0, 0.05) is 49.4 Å². The van der Waals surface area contributed by atoms with Gasteiger partial charge in [-0.15, -0.1) is 0 Å². The Labute approximate surface area is 198 Å². The second-order valence-electron chi connectivity index (χ2n) is 9.19. The molecule has 0 radical (unpaired) electrons. The van der Waals surface area contributed by atoms with E-state index in [-0.39, 0.29) is 36.0 Å². The molecule has 8 nitrogen and oxygen atoms in total. The fourth-order valence-electron chi connectivity index (χ4n) is 4.83. The van der Waals surface area contributed by atoms with Crippen molar-refractivity contribution in [3.8, 4) is 11.5 Å². The number of carbonyl (C=O) groups is 3. The Kier molecular flexibility index (Phi) is 6.13. The number of nitrogens with one attached hydrogen (secondary N) is 1. The van der Waals surface area contributed by atoms with Crippen LogP contribution in [0.15, 0.2) is 42.5 Å². The summed E-state index contributed by atoms with van der Waals surface area (Å²) in [5.74, 6) is 0.760. The van der Waals surface area contributed by atoms with Crippen molar-refractivity contribution in [2.45, 2.75) is 26.2 Å². The molecule has 2 aromatic carbocycles. The van der Waals surface area contributed by atoms with Crippen molar-refractivity contribution in [2.75, 3.05) is 43.1 Å². The highest BCUT2D eigenvalue weighted by molar-refractivity contribution is 6.00. The van der Waals surface area contributed by atoms with Gasteiger partial charge in [0.05, 0.1) is 5.92 Å². The number of amides is 3. The van der Waals surface area contributed by atoms with Crippen LogP contribution < -0.4 is 19.7 Å². The molecule has 1 unspecified atom stereocenters. The number of anilines is 2. The zero-order valence-corrected chi connectivity index (χ0v) is 19.3. The van der Waals surface area contributed by atoms with Crippen LogP contribution in [-0.2, 0) is 14.4 Å². The normalized spacial score (nSPS) is 20.4. The lowest BCUT2D eigenvalue weighted by atomic mass is 9.94. The summed E-state index contributed by atoms with van der Waals surface area (Å²) in [5, 5.41) is 2.97.